The van der Waals surface area contributed by atoms with Crippen LogP contribution in [0.1, 0.15) is 0 Å². The molecule has 0 radical (unpaired) electrons. The Kier molecular flexibility index (Phi) is 10.9. The van der Waals surface area contributed by atoms with E-state index in [4.69, 9.17) is 74.7 Å². The minimum atomic E-state index is -1.49. The molecule has 0 heterocycles. The van der Waals surface area contributed by atoms with Crippen molar-refractivity contribution >= 4 is 69.6 Å². The summed E-state index contributed by atoms with van der Waals surface area (Å²) in [6.45, 7) is -0.433. The Labute approximate surface area is 94.8 Å². The van der Waals surface area contributed by atoms with Crippen molar-refractivity contribution < 1.29 is 5.11 Å². The van der Waals surface area contributed by atoms with Crippen LogP contribution in [0.3, 0.4) is 0 Å². The molecule has 1 nitrogen and oxygen atoms in total. The van der Waals surface area contributed by atoms with Gasteiger partial charge in [-0.25, -0.2) is 0 Å². The second-order valence-corrected chi connectivity index (χ2v) is 4.91. The summed E-state index contributed by atoms with van der Waals surface area (Å²) in [5.41, 5.74) is 1.09. The third-order valence-electron chi connectivity index (χ3n) is 0.262. The maximum atomic E-state index is 8.01. The van der Waals surface area contributed by atoms with Gasteiger partial charge in [-0.1, -0.05) is 69.6 Å². The molecule has 0 saturated carbocycles. The van der Waals surface area contributed by atoms with Crippen LogP contribution in [0.15, 0.2) is 10.0 Å². The zero-order valence-corrected chi connectivity index (χ0v) is 9.54. The molecule has 11 heavy (non-hydrogen) atoms. The van der Waals surface area contributed by atoms with Crippen molar-refractivity contribution in [2.24, 2.45) is 0 Å². The Balaban J connectivity index is 0. The SMILES string of the molecule is ClC=C(Cl)Cl.OCC(Cl)(Cl)Cl. The first-order chi connectivity index (χ1) is 4.83. The van der Waals surface area contributed by atoms with Crippen LogP contribution in [0.4, 0.5) is 0 Å². The molecule has 0 fully saturated rings. The average molecular weight is 281 g/mol. The van der Waals surface area contributed by atoms with Crippen molar-refractivity contribution in [2.45, 2.75) is 3.79 Å². The summed E-state index contributed by atoms with van der Waals surface area (Å²) < 4.78 is -1.40. The van der Waals surface area contributed by atoms with Gasteiger partial charge in [0.2, 0.25) is 3.79 Å². The van der Waals surface area contributed by atoms with E-state index in [1.807, 2.05) is 0 Å². The van der Waals surface area contributed by atoms with E-state index in [1.165, 1.54) is 0 Å². The molecule has 0 saturated heterocycles. The molecule has 68 valence electrons. The highest BCUT2D eigenvalue weighted by Gasteiger charge is 2.16. The zero-order chi connectivity index (χ0) is 9.49. The molecule has 0 spiro atoms. The normalized spacial score (nSPS) is 9.73. The Morgan fingerprint density at radius 3 is 1.45 bits per heavy atom. The third kappa shape index (κ3) is 24.6. The third-order valence-corrected chi connectivity index (χ3v) is 1.28. The van der Waals surface area contributed by atoms with E-state index < -0.39 is 10.4 Å². The largest absolute Gasteiger partial charge is 0.392 e. The van der Waals surface area contributed by atoms with Gasteiger partial charge in [-0.15, -0.1) is 0 Å². The molecule has 0 aliphatic carbocycles. The Morgan fingerprint density at radius 2 is 1.45 bits per heavy atom. The van der Waals surface area contributed by atoms with Crippen molar-refractivity contribution in [1.29, 1.82) is 0 Å². The van der Waals surface area contributed by atoms with Crippen LogP contribution in [0.5, 0.6) is 0 Å². The van der Waals surface area contributed by atoms with Gasteiger partial charge in [0.25, 0.3) is 0 Å². The smallest absolute Gasteiger partial charge is 0.213 e. The van der Waals surface area contributed by atoms with Crippen LogP contribution in [0.25, 0.3) is 0 Å². The Hall–Kier alpha value is 1.44. The second kappa shape index (κ2) is 8.06. The summed E-state index contributed by atoms with van der Waals surface area (Å²) in [4.78, 5) is 0. The quantitative estimate of drug-likeness (QED) is 0.668. The van der Waals surface area contributed by atoms with Crippen molar-refractivity contribution in [3.05, 3.63) is 10.0 Å². The lowest BCUT2D eigenvalue weighted by Gasteiger charge is -2.01. The molecule has 0 aromatic heterocycles. The van der Waals surface area contributed by atoms with E-state index in [2.05, 4.69) is 0 Å². The standard InChI is InChI=1S/C2H3Cl3O.C2HCl3/c3-2(4,5)1-6;3-1-2(4)5/h6H,1H2;1H. The van der Waals surface area contributed by atoms with Gasteiger partial charge >= 0.3 is 0 Å². The first-order valence-corrected chi connectivity index (χ1v) is 4.45. The molecule has 0 aromatic rings. The summed E-state index contributed by atoms with van der Waals surface area (Å²) in [5.74, 6) is 0. The fraction of sp³-hybridized carbons (Fsp3) is 0.500. The number of alkyl halides is 3. The lowest BCUT2D eigenvalue weighted by atomic mass is 10.9. The highest BCUT2D eigenvalue weighted by molar-refractivity contribution is 6.67. The summed E-state index contributed by atoms with van der Waals surface area (Å²) in [6.07, 6.45) is 0. The van der Waals surface area contributed by atoms with E-state index in [0.29, 0.717) is 0 Å². The fourth-order valence-electron chi connectivity index (χ4n) is 0. The van der Waals surface area contributed by atoms with E-state index in [9.17, 15) is 0 Å². The van der Waals surface area contributed by atoms with E-state index in [-0.39, 0.29) is 4.49 Å². The van der Waals surface area contributed by atoms with Crippen LogP contribution >= 0.6 is 69.6 Å². The van der Waals surface area contributed by atoms with Crippen molar-refractivity contribution in [3.63, 3.8) is 0 Å². The van der Waals surface area contributed by atoms with Crippen molar-refractivity contribution in [2.75, 3.05) is 6.61 Å². The van der Waals surface area contributed by atoms with Gasteiger partial charge in [0.05, 0.1) is 6.61 Å². The molecule has 0 aliphatic heterocycles. The molecule has 0 atom stereocenters. The van der Waals surface area contributed by atoms with Gasteiger partial charge in [0.1, 0.15) is 4.49 Å². The minimum Gasteiger partial charge on any atom is -0.392 e. The molecule has 0 aromatic carbocycles. The zero-order valence-electron chi connectivity index (χ0n) is 5.00. The molecular formula is C4H4Cl6O. The van der Waals surface area contributed by atoms with Crippen molar-refractivity contribution in [1.82, 2.24) is 0 Å². The number of hydrogen-bond donors (Lipinski definition) is 1. The van der Waals surface area contributed by atoms with Gasteiger partial charge in [0.15, 0.2) is 0 Å². The number of hydrogen-bond acceptors (Lipinski definition) is 1. The second-order valence-electron chi connectivity index (χ2n) is 1.17. The van der Waals surface area contributed by atoms with Gasteiger partial charge in [-0.2, -0.15) is 0 Å². The molecule has 0 bridgehead atoms. The van der Waals surface area contributed by atoms with Gasteiger partial charge in [-0.05, 0) is 0 Å². The van der Waals surface area contributed by atoms with E-state index in [0.717, 1.165) is 5.54 Å². The number of aliphatic hydroxyl groups is 1. The fourth-order valence-corrected chi connectivity index (χ4v) is 0. The van der Waals surface area contributed by atoms with Crippen LogP contribution < -0.4 is 0 Å². The Bertz CT molecular complexity index is 112. The highest BCUT2D eigenvalue weighted by atomic mass is 35.6. The molecule has 0 unspecified atom stereocenters. The molecule has 7 heteroatoms. The summed E-state index contributed by atoms with van der Waals surface area (Å²) in [5, 5.41) is 8.01. The summed E-state index contributed by atoms with van der Waals surface area (Å²) >= 11 is 29.8. The maximum absolute atomic E-state index is 8.01. The van der Waals surface area contributed by atoms with Crippen LogP contribution in [0, 0.1) is 0 Å². The average Bonchev–Trinajstić information content (AvgIpc) is 1.88. The predicted octanol–water partition coefficient (Wildman–Crippen LogP) is 3.85. The highest BCUT2D eigenvalue weighted by Crippen LogP contribution is 2.23. The maximum Gasteiger partial charge on any atom is 0.213 e. The number of aliphatic hydroxyl groups excluding tert-OH is 1. The lowest BCUT2D eigenvalue weighted by Crippen LogP contribution is -2.06. The topological polar surface area (TPSA) is 20.2 Å². The number of halogens is 6. The van der Waals surface area contributed by atoms with E-state index >= 15 is 0 Å². The van der Waals surface area contributed by atoms with Crippen LogP contribution in [-0.2, 0) is 0 Å². The predicted molar refractivity (Wildman–Crippen MR) is 53.0 cm³/mol. The molecule has 0 amide bonds. The first kappa shape index (κ1) is 14.9. The first-order valence-electron chi connectivity index (χ1n) is 2.12. The van der Waals surface area contributed by atoms with E-state index in [1.54, 1.807) is 0 Å². The lowest BCUT2D eigenvalue weighted by molar-refractivity contribution is 0.303. The van der Waals surface area contributed by atoms with Crippen molar-refractivity contribution in [3.8, 4) is 0 Å². The Morgan fingerprint density at radius 1 is 1.27 bits per heavy atom. The minimum absolute atomic E-state index is 0.0895. The number of rotatable bonds is 0. The molecule has 0 rings (SSSR count). The van der Waals surface area contributed by atoms with Gasteiger partial charge < -0.3 is 5.11 Å². The van der Waals surface area contributed by atoms with Gasteiger partial charge in [0, 0.05) is 5.54 Å². The van der Waals surface area contributed by atoms with Gasteiger partial charge in [-0.3, -0.25) is 0 Å². The van der Waals surface area contributed by atoms with Crippen LogP contribution in [0.2, 0.25) is 0 Å². The monoisotopic (exact) mass is 278 g/mol. The molecule has 1 N–H and O–H groups in total. The molecular weight excluding hydrogens is 277 g/mol. The summed E-state index contributed by atoms with van der Waals surface area (Å²) in [7, 11) is 0. The molecule has 0 aliphatic rings. The summed E-state index contributed by atoms with van der Waals surface area (Å²) in [6, 6.07) is 0. The van der Waals surface area contributed by atoms with Crippen LogP contribution in [-0.4, -0.2) is 15.5 Å².